The number of ketones is 2. The predicted octanol–water partition coefficient (Wildman–Crippen LogP) is 6.82. The van der Waals surface area contributed by atoms with Gasteiger partial charge in [0.25, 0.3) is 5.91 Å². The molecule has 2 aromatic carbocycles. The monoisotopic (exact) mass is 686 g/mol. The number of hydrogen-bond donors (Lipinski definition) is 2. The summed E-state index contributed by atoms with van der Waals surface area (Å²) < 4.78 is 25.8. The quantitative estimate of drug-likeness (QED) is 0.311. The fourth-order valence-electron chi connectivity index (χ4n) is 6.25. The minimum Gasteiger partial charge on any atom is -0.490 e. The van der Waals surface area contributed by atoms with Gasteiger partial charge in [-0.25, -0.2) is 4.39 Å². The molecule has 0 saturated carbocycles. The smallest absolute Gasteiger partial charge is 0.262 e. The number of amides is 1. The number of carbonyl (C=O) groups excluding carboxylic acids is 3. The largest absolute Gasteiger partial charge is 0.490 e. The molecule has 0 unspecified atom stereocenters. The molecular weight excluding hydrogens is 650 g/mol. The number of ether oxygens (including phenoxy) is 2. The van der Waals surface area contributed by atoms with Gasteiger partial charge in [-0.2, -0.15) is 0 Å². The van der Waals surface area contributed by atoms with Crippen molar-refractivity contribution in [3.8, 4) is 11.5 Å². The van der Waals surface area contributed by atoms with Gasteiger partial charge in [0.1, 0.15) is 5.82 Å². The first kappa shape index (κ1) is 30.3. The fraction of sp³-hybridized carbons (Fsp3) is 0.424. The van der Waals surface area contributed by atoms with E-state index in [1.165, 1.54) is 24.3 Å². The Morgan fingerprint density at radius 2 is 1.52 bits per heavy atom. The molecule has 9 heteroatoms. The van der Waals surface area contributed by atoms with Crippen molar-refractivity contribution in [1.29, 1.82) is 0 Å². The molecule has 0 fully saturated rings. The molecule has 7 nitrogen and oxygen atoms in total. The number of hydrogen-bond acceptors (Lipinski definition) is 6. The third-order valence-electron chi connectivity index (χ3n) is 7.86. The van der Waals surface area contributed by atoms with Gasteiger partial charge in [0, 0.05) is 47.0 Å². The highest BCUT2D eigenvalue weighted by Crippen LogP contribution is 2.52. The number of rotatable bonds is 7. The Bertz CT molecular complexity index is 1470. The lowest BCUT2D eigenvalue weighted by Crippen LogP contribution is -2.42. The zero-order valence-electron chi connectivity index (χ0n) is 24.6. The van der Waals surface area contributed by atoms with E-state index in [4.69, 9.17) is 9.47 Å². The second-order valence-electron chi connectivity index (χ2n) is 12.8. The van der Waals surface area contributed by atoms with E-state index < -0.39 is 17.6 Å². The van der Waals surface area contributed by atoms with Crippen LogP contribution in [0.15, 0.2) is 58.9 Å². The number of Topliss-reactive ketones (excluding diaryl/α,β-unsaturated/α-hetero) is 2. The molecule has 5 rings (SSSR count). The number of allylic oxidation sites excluding steroid dienone is 4. The van der Waals surface area contributed by atoms with Crippen LogP contribution >= 0.6 is 22.6 Å². The highest BCUT2D eigenvalue weighted by atomic mass is 127. The lowest BCUT2D eigenvalue weighted by molar-refractivity contribution is -0.119. The number of dihydropyridines is 1. The Morgan fingerprint density at radius 3 is 2.07 bits per heavy atom. The molecule has 3 aliphatic rings. The Labute approximate surface area is 259 Å². The number of halogens is 2. The van der Waals surface area contributed by atoms with Crippen LogP contribution in [0, 0.1) is 20.2 Å². The summed E-state index contributed by atoms with van der Waals surface area (Å²) in [6.45, 7) is 10.3. The standard InChI is InChI=1S/C33H36FIN2O5/c1-6-41-26-12-18(11-21(35)31(26)42-17-27(40)36-20-9-7-19(34)8-10-20)28-29-22(13-32(2,3)15-24(29)38)37-23-14-33(4,5)16-25(39)30(23)28/h7-12,28,37H,6,13-17H2,1-5H3,(H,36,40). The van der Waals surface area contributed by atoms with Gasteiger partial charge in [-0.05, 0) is 95.1 Å². The van der Waals surface area contributed by atoms with Crippen LogP contribution in [-0.2, 0) is 14.4 Å². The van der Waals surface area contributed by atoms with Crippen molar-refractivity contribution in [3.05, 3.63) is 73.9 Å². The van der Waals surface area contributed by atoms with E-state index >= 15 is 0 Å². The van der Waals surface area contributed by atoms with Gasteiger partial charge in [0.15, 0.2) is 29.7 Å². The van der Waals surface area contributed by atoms with E-state index in [9.17, 15) is 18.8 Å². The average molecular weight is 687 g/mol. The van der Waals surface area contributed by atoms with Gasteiger partial charge >= 0.3 is 0 Å². The van der Waals surface area contributed by atoms with Crippen molar-refractivity contribution in [2.45, 2.75) is 66.2 Å². The molecule has 2 N–H and O–H groups in total. The molecular formula is C33H36FIN2O5. The maximum absolute atomic E-state index is 13.7. The topological polar surface area (TPSA) is 93.7 Å². The van der Waals surface area contributed by atoms with Gasteiger partial charge in [-0.1, -0.05) is 27.7 Å². The SMILES string of the molecule is CCOc1cc(C2C3=C(CC(C)(C)CC3=O)NC3=C2C(=O)CC(C)(C)C3)cc(I)c1OCC(=O)Nc1ccc(F)cc1. The molecule has 222 valence electrons. The van der Waals surface area contributed by atoms with E-state index in [-0.39, 0.29) is 29.0 Å². The lowest BCUT2D eigenvalue weighted by atomic mass is 9.64. The Kier molecular flexibility index (Phi) is 8.26. The molecule has 0 aromatic heterocycles. The van der Waals surface area contributed by atoms with Crippen molar-refractivity contribution in [2.24, 2.45) is 10.8 Å². The van der Waals surface area contributed by atoms with Gasteiger partial charge in [-0.3, -0.25) is 14.4 Å². The third-order valence-corrected chi connectivity index (χ3v) is 8.66. The van der Waals surface area contributed by atoms with Crippen LogP contribution in [0.5, 0.6) is 11.5 Å². The molecule has 2 aromatic rings. The fourth-order valence-corrected chi connectivity index (χ4v) is 7.03. The van der Waals surface area contributed by atoms with Crippen LogP contribution in [0.4, 0.5) is 10.1 Å². The summed E-state index contributed by atoms with van der Waals surface area (Å²) in [5.74, 6) is -0.367. The lowest BCUT2D eigenvalue weighted by Gasteiger charge is -2.44. The van der Waals surface area contributed by atoms with Crippen molar-refractivity contribution in [2.75, 3.05) is 18.5 Å². The van der Waals surface area contributed by atoms with Crippen molar-refractivity contribution in [3.63, 3.8) is 0 Å². The first-order valence-electron chi connectivity index (χ1n) is 14.2. The Morgan fingerprint density at radius 1 is 0.952 bits per heavy atom. The van der Waals surface area contributed by atoms with Crippen LogP contribution in [0.1, 0.15) is 71.8 Å². The zero-order chi connectivity index (χ0) is 30.4. The van der Waals surface area contributed by atoms with Gasteiger partial charge in [0.2, 0.25) is 0 Å². The average Bonchev–Trinajstić information content (AvgIpc) is 2.87. The van der Waals surface area contributed by atoms with Crippen LogP contribution in [0.2, 0.25) is 0 Å². The third kappa shape index (κ3) is 6.26. The van der Waals surface area contributed by atoms with E-state index in [2.05, 4.69) is 60.9 Å². The molecule has 0 spiro atoms. The number of carbonyl (C=O) groups is 3. The highest BCUT2D eigenvalue weighted by molar-refractivity contribution is 14.1. The molecule has 1 heterocycles. The van der Waals surface area contributed by atoms with Crippen LogP contribution in [0.3, 0.4) is 0 Å². The van der Waals surface area contributed by atoms with Crippen LogP contribution in [-0.4, -0.2) is 30.7 Å². The minimum absolute atomic E-state index is 0.0497. The first-order valence-corrected chi connectivity index (χ1v) is 15.3. The summed E-state index contributed by atoms with van der Waals surface area (Å²) in [7, 11) is 0. The molecule has 1 amide bonds. The molecule has 0 saturated heterocycles. The summed E-state index contributed by atoms with van der Waals surface area (Å²) in [6.07, 6.45) is 2.25. The number of anilines is 1. The van der Waals surface area contributed by atoms with Crippen LogP contribution in [0.25, 0.3) is 0 Å². The Balaban J connectivity index is 1.52. The van der Waals surface area contributed by atoms with E-state index in [0.29, 0.717) is 51.4 Å². The molecule has 0 atom stereocenters. The Hall–Kier alpha value is -3.21. The minimum atomic E-state index is -0.507. The number of nitrogens with one attached hydrogen (secondary N) is 2. The summed E-state index contributed by atoms with van der Waals surface area (Å²) in [6, 6.07) is 9.24. The highest BCUT2D eigenvalue weighted by Gasteiger charge is 2.46. The zero-order valence-corrected chi connectivity index (χ0v) is 26.7. The second-order valence-corrected chi connectivity index (χ2v) is 14.0. The summed E-state index contributed by atoms with van der Waals surface area (Å²) in [5, 5.41) is 6.24. The van der Waals surface area contributed by atoms with E-state index in [0.717, 1.165) is 29.8 Å². The van der Waals surface area contributed by atoms with Crippen molar-refractivity contribution < 1.29 is 28.2 Å². The van der Waals surface area contributed by atoms with Crippen molar-refractivity contribution in [1.82, 2.24) is 5.32 Å². The molecule has 2 aliphatic carbocycles. The maximum Gasteiger partial charge on any atom is 0.262 e. The van der Waals surface area contributed by atoms with Crippen molar-refractivity contribution >= 4 is 45.8 Å². The maximum atomic E-state index is 13.7. The van der Waals surface area contributed by atoms with Gasteiger partial charge in [-0.15, -0.1) is 0 Å². The first-order chi connectivity index (χ1) is 19.8. The molecule has 1 aliphatic heterocycles. The molecule has 0 bridgehead atoms. The van der Waals surface area contributed by atoms with Gasteiger partial charge < -0.3 is 20.1 Å². The van der Waals surface area contributed by atoms with E-state index in [1.54, 1.807) is 0 Å². The van der Waals surface area contributed by atoms with Crippen LogP contribution < -0.4 is 20.1 Å². The predicted molar refractivity (Wildman–Crippen MR) is 167 cm³/mol. The normalized spacial score (nSPS) is 19.6. The molecule has 42 heavy (non-hydrogen) atoms. The summed E-state index contributed by atoms with van der Waals surface area (Å²) in [5.41, 5.74) is 3.99. The van der Waals surface area contributed by atoms with E-state index in [1.807, 2.05) is 19.1 Å². The number of benzene rings is 2. The summed E-state index contributed by atoms with van der Waals surface area (Å²) >= 11 is 2.14. The second kappa shape index (κ2) is 11.5. The summed E-state index contributed by atoms with van der Waals surface area (Å²) in [4.78, 5) is 40.0. The molecule has 0 radical (unpaired) electrons. The van der Waals surface area contributed by atoms with Gasteiger partial charge in [0.05, 0.1) is 10.2 Å².